The molecule has 4 nitrogen and oxygen atoms in total. The Kier molecular flexibility index (Phi) is 4.40. The van der Waals surface area contributed by atoms with Crippen LogP contribution in [0.15, 0.2) is 12.4 Å². The van der Waals surface area contributed by atoms with Crippen LogP contribution in [0.4, 0.5) is 0 Å². The number of piperidine rings is 1. The molecule has 2 rings (SSSR count). The van der Waals surface area contributed by atoms with Gasteiger partial charge in [-0.15, -0.1) is 0 Å². The number of aliphatic hydroxyl groups is 1. The van der Waals surface area contributed by atoms with E-state index in [1.54, 1.807) is 0 Å². The van der Waals surface area contributed by atoms with E-state index in [0.29, 0.717) is 12.0 Å². The Morgan fingerprint density at radius 1 is 1.44 bits per heavy atom. The van der Waals surface area contributed by atoms with E-state index in [1.165, 1.54) is 6.42 Å². The monoisotopic (exact) mass is 251 g/mol. The third-order valence-corrected chi connectivity index (χ3v) is 3.89. The lowest BCUT2D eigenvalue weighted by Crippen LogP contribution is -2.39. The van der Waals surface area contributed by atoms with E-state index in [9.17, 15) is 5.11 Å². The number of hydrogen-bond acceptors (Lipinski definition) is 3. The molecule has 18 heavy (non-hydrogen) atoms. The number of aromatic nitrogens is 2. The SMILES string of the molecule is CC(O)C1CCCN(Cc2nccn2C(C)C)C1. The maximum Gasteiger partial charge on any atom is 0.123 e. The van der Waals surface area contributed by atoms with Crippen LogP contribution in [0.25, 0.3) is 0 Å². The van der Waals surface area contributed by atoms with Gasteiger partial charge in [-0.1, -0.05) is 0 Å². The van der Waals surface area contributed by atoms with E-state index < -0.39 is 0 Å². The van der Waals surface area contributed by atoms with Crippen molar-refractivity contribution < 1.29 is 5.11 Å². The number of likely N-dealkylation sites (tertiary alicyclic amines) is 1. The second kappa shape index (κ2) is 5.85. The molecule has 1 N–H and O–H groups in total. The van der Waals surface area contributed by atoms with Crippen LogP contribution in [0.2, 0.25) is 0 Å². The fraction of sp³-hybridized carbons (Fsp3) is 0.786. The van der Waals surface area contributed by atoms with Crippen molar-refractivity contribution in [2.45, 2.75) is 52.3 Å². The van der Waals surface area contributed by atoms with Crippen molar-refractivity contribution in [1.82, 2.24) is 14.5 Å². The molecule has 1 fully saturated rings. The minimum atomic E-state index is -0.197. The van der Waals surface area contributed by atoms with E-state index >= 15 is 0 Å². The van der Waals surface area contributed by atoms with Crippen LogP contribution >= 0.6 is 0 Å². The predicted molar refractivity (Wildman–Crippen MR) is 72.3 cm³/mol. The van der Waals surface area contributed by atoms with Gasteiger partial charge in [0.15, 0.2) is 0 Å². The van der Waals surface area contributed by atoms with Gasteiger partial charge in [-0.05, 0) is 46.1 Å². The molecular weight excluding hydrogens is 226 g/mol. The number of aliphatic hydroxyl groups excluding tert-OH is 1. The second-order valence-electron chi connectivity index (χ2n) is 5.72. The third-order valence-electron chi connectivity index (χ3n) is 3.89. The lowest BCUT2D eigenvalue weighted by atomic mass is 9.93. The van der Waals surface area contributed by atoms with Crippen molar-refractivity contribution >= 4 is 0 Å². The van der Waals surface area contributed by atoms with Crippen LogP contribution in [0.1, 0.15) is 45.5 Å². The van der Waals surface area contributed by atoms with Crippen LogP contribution in [0.5, 0.6) is 0 Å². The summed E-state index contributed by atoms with van der Waals surface area (Å²) in [5, 5.41) is 9.72. The van der Waals surface area contributed by atoms with Gasteiger partial charge in [0.2, 0.25) is 0 Å². The average molecular weight is 251 g/mol. The van der Waals surface area contributed by atoms with E-state index in [4.69, 9.17) is 0 Å². The van der Waals surface area contributed by atoms with Gasteiger partial charge in [0.05, 0.1) is 12.6 Å². The summed E-state index contributed by atoms with van der Waals surface area (Å²) in [4.78, 5) is 6.88. The number of nitrogens with zero attached hydrogens (tertiary/aromatic N) is 3. The predicted octanol–water partition coefficient (Wildman–Crippen LogP) is 2.06. The first-order chi connectivity index (χ1) is 8.58. The highest BCUT2D eigenvalue weighted by atomic mass is 16.3. The highest BCUT2D eigenvalue weighted by Gasteiger charge is 2.24. The smallest absolute Gasteiger partial charge is 0.123 e. The summed E-state index contributed by atoms with van der Waals surface area (Å²) < 4.78 is 2.23. The van der Waals surface area contributed by atoms with Crippen LogP contribution in [0.3, 0.4) is 0 Å². The molecule has 0 aliphatic carbocycles. The highest BCUT2D eigenvalue weighted by molar-refractivity contribution is 4.95. The molecule has 0 spiro atoms. The van der Waals surface area contributed by atoms with Crippen molar-refractivity contribution in [1.29, 1.82) is 0 Å². The van der Waals surface area contributed by atoms with Crippen molar-refractivity contribution in [2.75, 3.05) is 13.1 Å². The van der Waals surface area contributed by atoms with Crippen molar-refractivity contribution in [3.8, 4) is 0 Å². The molecule has 1 aromatic rings. The van der Waals surface area contributed by atoms with Gasteiger partial charge >= 0.3 is 0 Å². The molecule has 0 radical (unpaired) electrons. The molecule has 2 atom stereocenters. The largest absolute Gasteiger partial charge is 0.393 e. The summed E-state index contributed by atoms with van der Waals surface area (Å²) in [7, 11) is 0. The van der Waals surface area contributed by atoms with E-state index in [0.717, 1.165) is 31.9 Å². The average Bonchev–Trinajstić information content (AvgIpc) is 2.77. The van der Waals surface area contributed by atoms with Crippen LogP contribution < -0.4 is 0 Å². The molecular formula is C14H25N3O. The zero-order chi connectivity index (χ0) is 13.1. The molecule has 0 amide bonds. The molecule has 2 unspecified atom stereocenters. The minimum Gasteiger partial charge on any atom is -0.393 e. The van der Waals surface area contributed by atoms with Crippen LogP contribution in [-0.2, 0) is 6.54 Å². The number of imidazole rings is 1. The van der Waals surface area contributed by atoms with Gasteiger partial charge in [-0.2, -0.15) is 0 Å². The first kappa shape index (κ1) is 13.6. The third kappa shape index (κ3) is 3.12. The Bertz CT molecular complexity index is 373. The van der Waals surface area contributed by atoms with E-state index in [1.807, 2.05) is 13.1 Å². The molecule has 1 aliphatic heterocycles. The Morgan fingerprint density at radius 3 is 2.89 bits per heavy atom. The Labute approximate surface area is 110 Å². The van der Waals surface area contributed by atoms with Gasteiger partial charge in [0.1, 0.15) is 5.82 Å². The summed E-state index contributed by atoms with van der Waals surface area (Å²) in [5.74, 6) is 1.55. The van der Waals surface area contributed by atoms with Gasteiger partial charge < -0.3 is 9.67 Å². The molecule has 4 heteroatoms. The van der Waals surface area contributed by atoms with Crippen molar-refractivity contribution in [2.24, 2.45) is 5.92 Å². The zero-order valence-electron chi connectivity index (χ0n) is 11.7. The fourth-order valence-electron chi connectivity index (χ4n) is 2.77. The molecule has 1 saturated heterocycles. The van der Waals surface area contributed by atoms with Gasteiger partial charge in [-0.3, -0.25) is 4.90 Å². The minimum absolute atomic E-state index is 0.197. The number of rotatable bonds is 4. The second-order valence-corrected chi connectivity index (χ2v) is 5.72. The summed E-state index contributed by atoms with van der Waals surface area (Å²) in [6, 6.07) is 0.458. The zero-order valence-corrected chi connectivity index (χ0v) is 11.7. The van der Waals surface area contributed by atoms with E-state index in [2.05, 4.69) is 34.5 Å². The van der Waals surface area contributed by atoms with E-state index in [-0.39, 0.29) is 6.10 Å². The summed E-state index contributed by atoms with van der Waals surface area (Å²) in [6.07, 6.45) is 6.06. The quantitative estimate of drug-likeness (QED) is 0.890. The lowest BCUT2D eigenvalue weighted by molar-refractivity contribution is 0.0583. The standard InChI is InChI=1S/C14H25N3O/c1-11(2)17-8-6-15-14(17)10-16-7-4-5-13(9-16)12(3)18/h6,8,11-13,18H,4-5,7,9-10H2,1-3H3. The first-order valence-electron chi connectivity index (χ1n) is 7.00. The van der Waals surface area contributed by atoms with Crippen LogP contribution in [0, 0.1) is 5.92 Å². The van der Waals surface area contributed by atoms with Gasteiger partial charge in [0, 0.05) is 25.0 Å². The lowest BCUT2D eigenvalue weighted by Gasteiger charge is -2.34. The molecule has 0 saturated carbocycles. The van der Waals surface area contributed by atoms with Gasteiger partial charge in [0.25, 0.3) is 0 Å². The van der Waals surface area contributed by atoms with Gasteiger partial charge in [-0.25, -0.2) is 4.98 Å². The maximum atomic E-state index is 9.72. The van der Waals surface area contributed by atoms with Crippen LogP contribution in [-0.4, -0.2) is 38.8 Å². The normalized spacial score (nSPS) is 23.5. The summed E-state index contributed by atoms with van der Waals surface area (Å²) in [5.41, 5.74) is 0. The molecule has 2 heterocycles. The highest BCUT2D eigenvalue weighted by Crippen LogP contribution is 2.21. The molecule has 0 bridgehead atoms. The topological polar surface area (TPSA) is 41.3 Å². The first-order valence-corrected chi connectivity index (χ1v) is 7.00. The summed E-state index contributed by atoms with van der Waals surface area (Å²) in [6.45, 7) is 9.27. The maximum absolute atomic E-state index is 9.72. The Morgan fingerprint density at radius 2 is 2.22 bits per heavy atom. The molecule has 1 aliphatic rings. The molecule has 0 aromatic carbocycles. The molecule has 1 aromatic heterocycles. The Balaban J connectivity index is 1.98. The van der Waals surface area contributed by atoms with Crippen molar-refractivity contribution in [3.05, 3.63) is 18.2 Å². The Hall–Kier alpha value is -0.870. The summed E-state index contributed by atoms with van der Waals surface area (Å²) >= 11 is 0. The number of hydrogen-bond donors (Lipinski definition) is 1. The van der Waals surface area contributed by atoms with Crippen molar-refractivity contribution in [3.63, 3.8) is 0 Å². The fourth-order valence-corrected chi connectivity index (χ4v) is 2.77. The molecule has 102 valence electrons.